The zero-order valence-corrected chi connectivity index (χ0v) is 12.5. The lowest BCUT2D eigenvalue weighted by atomic mass is 9.96. The fourth-order valence-electron chi connectivity index (χ4n) is 2.45. The van der Waals surface area contributed by atoms with Gasteiger partial charge in [-0.05, 0) is 31.4 Å². The monoisotopic (exact) mass is 301 g/mol. The Morgan fingerprint density at radius 2 is 2.05 bits per heavy atom. The van der Waals surface area contributed by atoms with Gasteiger partial charge in [0.15, 0.2) is 0 Å². The maximum atomic E-state index is 12.1. The van der Waals surface area contributed by atoms with Gasteiger partial charge in [0.1, 0.15) is 6.10 Å². The molecule has 1 N–H and O–H groups in total. The predicted molar refractivity (Wildman–Crippen MR) is 82.0 cm³/mol. The van der Waals surface area contributed by atoms with Gasteiger partial charge in [-0.15, -0.1) is 0 Å². The average molecular weight is 301 g/mol. The molecule has 1 amide bonds. The highest BCUT2D eigenvalue weighted by atomic mass is 16.6. The van der Waals surface area contributed by atoms with E-state index in [0.29, 0.717) is 0 Å². The summed E-state index contributed by atoms with van der Waals surface area (Å²) in [5, 5.41) is 2.70. The first-order chi connectivity index (χ1) is 10.6. The minimum absolute atomic E-state index is 0.0535. The van der Waals surface area contributed by atoms with Crippen LogP contribution in [0, 0.1) is 0 Å². The lowest BCUT2D eigenvalue weighted by molar-refractivity contribution is 0.0521. The summed E-state index contributed by atoms with van der Waals surface area (Å²) in [5.41, 5.74) is 1.38. The van der Waals surface area contributed by atoms with Crippen LogP contribution in [0.25, 0.3) is 5.69 Å². The first-order valence-electron chi connectivity index (χ1n) is 7.43. The molecule has 0 spiro atoms. The van der Waals surface area contributed by atoms with Crippen LogP contribution >= 0.6 is 0 Å². The molecule has 1 fully saturated rings. The number of aromatic nitrogens is 2. The molecule has 116 valence electrons. The zero-order valence-electron chi connectivity index (χ0n) is 12.5. The molecule has 0 aliphatic heterocycles. The van der Waals surface area contributed by atoms with E-state index < -0.39 is 6.09 Å². The molecule has 0 saturated heterocycles. The lowest BCUT2D eigenvalue weighted by Crippen LogP contribution is -2.32. The first kappa shape index (κ1) is 14.4. The third-order valence-electron chi connectivity index (χ3n) is 3.96. The van der Waals surface area contributed by atoms with Crippen molar-refractivity contribution in [2.75, 3.05) is 0 Å². The van der Waals surface area contributed by atoms with Crippen molar-refractivity contribution < 1.29 is 9.53 Å². The molecule has 1 aliphatic rings. The van der Waals surface area contributed by atoms with Crippen LogP contribution < -0.4 is 10.9 Å². The number of hydrogen-bond donors (Lipinski definition) is 1. The number of para-hydroxylation sites is 1. The molecule has 0 atom stereocenters. The molecule has 0 radical (unpaired) electrons. The van der Waals surface area contributed by atoms with Crippen LogP contribution in [0.4, 0.5) is 4.79 Å². The standard InChI is InChI=1S/C16H19N3O3/c1-18-13(11-17-16(21)22-14-8-5-9-14)10-15(20)19(18)12-6-3-2-4-7-12/h2-4,6-7,10,14H,5,8-9,11H2,1H3,(H,17,21). The van der Waals surface area contributed by atoms with Gasteiger partial charge in [-0.2, -0.15) is 0 Å². The van der Waals surface area contributed by atoms with Crippen molar-refractivity contribution in [1.29, 1.82) is 0 Å². The first-order valence-corrected chi connectivity index (χ1v) is 7.43. The van der Waals surface area contributed by atoms with E-state index in [0.717, 1.165) is 30.6 Å². The predicted octanol–water partition coefficient (Wildman–Crippen LogP) is 1.95. The Hall–Kier alpha value is -2.50. The summed E-state index contributed by atoms with van der Waals surface area (Å²) in [6.07, 6.45) is 2.63. The highest BCUT2D eigenvalue weighted by Crippen LogP contribution is 2.21. The molecule has 1 saturated carbocycles. The lowest BCUT2D eigenvalue weighted by Gasteiger charge is -2.25. The van der Waals surface area contributed by atoms with E-state index >= 15 is 0 Å². The summed E-state index contributed by atoms with van der Waals surface area (Å²) in [4.78, 5) is 23.8. The Balaban J connectivity index is 1.70. The highest BCUT2D eigenvalue weighted by molar-refractivity contribution is 5.67. The van der Waals surface area contributed by atoms with Crippen LogP contribution in [-0.2, 0) is 18.3 Å². The molecule has 0 unspecified atom stereocenters. The highest BCUT2D eigenvalue weighted by Gasteiger charge is 2.21. The molecule has 2 aromatic rings. The largest absolute Gasteiger partial charge is 0.446 e. The molecule has 1 aliphatic carbocycles. The van der Waals surface area contributed by atoms with Gasteiger partial charge < -0.3 is 10.1 Å². The van der Waals surface area contributed by atoms with Crippen LogP contribution in [0.2, 0.25) is 0 Å². The van der Waals surface area contributed by atoms with Crippen molar-refractivity contribution in [1.82, 2.24) is 14.7 Å². The number of alkyl carbamates (subject to hydrolysis) is 1. The molecule has 6 nitrogen and oxygen atoms in total. The smallest absolute Gasteiger partial charge is 0.407 e. The minimum atomic E-state index is -0.426. The van der Waals surface area contributed by atoms with Crippen molar-refractivity contribution in [3.63, 3.8) is 0 Å². The molecular formula is C16H19N3O3. The van der Waals surface area contributed by atoms with E-state index in [-0.39, 0.29) is 18.2 Å². The fourth-order valence-corrected chi connectivity index (χ4v) is 2.45. The van der Waals surface area contributed by atoms with Gasteiger partial charge in [-0.1, -0.05) is 18.2 Å². The van der Waals surface area contributed by atoms with E-state index in [9.17, 15) is 9.59 Å². The van der Waals surface area contributed by atoms with Gasteiger partial charge >= 0.3 is 6.09 Å². The van der Waals surface area contributed by atoms with Gasteiger partial charge in [-0.3, -0.25) is 9.48 Å². The Morgan fingerprint density at radius 1 is 1.32 bits per heavy atom. The summed E-state index contributed by atoms with van der Waals surface area (Å²) in [5.74, 6) is 0. The molecule has 6 heteroatoms. The second-order valence-electron chi connectivity index (χ2n) is 5.46. The number of nitrogens with zero attached hydrogens (tertiary/aromatic N) is 2. The van der Waals surface area contributed by atoms with Gasteiger partial charge in [0, 0.05) is 13.1 Å². The molecule has 22 heavy (non-hydrogen) atoms. The Bertz CT molecular complexity index is 714. The third-order valence-corrected chi connectivity index (χ3v) is 3.96. The minimum Gasteiger partial charge on any atom is -0.446 e. The quantitative estimate of drug-likeness (QED) is 0.938. The van der Waals surface area contributed by atoms with Gasteiger partial charge in [0.2, 0.25) is 0 Å². The Labute approximate surface area is 128 Å². The number of nitrogens with one attached hydrogen (secondary N) is 1. The summed E-state index contributed by atoms with van der Waals surface area (Å²) < 4.78 is 8.53. The van der Waals surface area contributed by atoms with Crippen molar-refractivity contribution in [2.45, 2.75) is 31.9 Å². The number of rotatable bonds is 4. The molecule has 0 bridgehead atoms. The van der Waals surface area contributed by atoms with E-state index in [4.69, 9.17) is 4.74 Å². The maximum absolute atomic E-state index is 12.1. The molecular weight excluding hydrogens is 282 g/mol. The normalized spacial score (nSPS) is 14.4. The Kier molecular flexibility index (Phi) is 4.00. The summed E-state index contributed by atoms with van der Waals surface area (Å²) >= 11 is 0. The number of carbonyl (C=O) groups excluding carboxylic acids is 1. The van der Waals surface area contributed by atoms with E-state index in [1.54, 1.807) is 16.4 Å². The molecule has 3 rings (SSSR count). The van der Waals surface area contributed by atoms with Crippen LogP contribution in [0.15, 0.2) is 41.2 Å². The number of benzene rings is 1. The van der Waals surface area contributed by atoms with Crippen LogP contribution in [0.3, 0.4) is 0 Å². The number of hydrogen-bond acceptors (Lipinski definition) is 3. The summed E-state index contributed by atoms with van der Waals surface area (Å²) in [6.45, 7) is 0.261. The van der Waals surface area contributed by atoms with Gasteiger partial charge in [0.05, 0.1) is 17.9 Å². The number of carbonyl (C=O) groups is 1. The van der Waals surface area contributed by atoms with E-state index in [2.05, 4.69) is 5.32 Å². The SMILES string of the molecule is Cn1c(CNC(=O)OC2CCC2)cc(=O)n1-c1ccccc1. The van der Waals surface area contributed by atoms with Crippen molar-refractivity contribution >= 4 is 6.09 Å². The van der Waals surface area contributed by atoms with Crippen LogP contribution in [0.5, 0.6) is 0 Å². The van der Waals surface area contributed by atoms with Crippen molar-refractivity contribution in [3.8, 4) is 5.69 Å². The van der Waals surface area contributed by atoms with E-state index in [1.807, 2.05) is 30.3 Å². The topological polar surface area (TPSA) is 65.3 Å². The zero-order chi connectivity index (χ0) is 15.5. The number of ether oxygens (including phenoxy) is 1. The van der Waals surface area contributed by atoms with Gasteiger partial charge in [-0.25, -0.2) is 9.48 Å². The molecule has 1 heterocycles. The summed E-state index contributed by atoms with van der Waals surface area (Å²) in [7, 11) is 1.79. The second-order valence-corrected chi connectivity index (χ2v) is 5.46. The van der Waals surface area contributed by atoms with Crippen molar-refractivity contribution in [2.24, 2.45) is 7.05 Å². The maximum Gasteiger partial charge on any atom is 0.407 e. The fraction of sp³-hybridized carbons (Fsp3) is 0.375. The summed E-state index contributed by atoms with van der Waals surface area (Å²) in [6, 6.07) is 10.9. The van der Waals surface area contributed by atoms with Crippen LogP contribution in [-0.4, -0.2) is 21.6 Å². The van der Waals surface area contributed by atoms with Crippen LogP contribution in [0.1, 0.15) is 25.0 Å². The second kappa shape index (κ2) is 6.09. The van der Waals surface area contributed by atoms with E-state index in [1.165, 1.54) is 6.07 Å². The molecule has 1 aromatic heterocycles. The van der Waals surface area contributed by atoms with Crippen molar-refractivity contribution in [3.05, 3.63) is 52.4 Å². The van der Waals surface area contributed by atoms with Gasteiger partial charge in [0.25, 0.3) is 5.56 Å². The number of amides is 1. The average Bonchev–Trinajstić information content (AvgIpc) is 2.76. The third kappa shape index (κ3) is 2.90. The Morgan fingerprint density at radius 3 is 2.68 bits per heavy atom. The molecule has 1 aromatic carbocycles.